The monoisotopic (exact) mass is 337 g/mol. The Balaban J connectivity index is 2.34. The second-order valence-electron chi connectivity index (χ2n) is 7.57. The van der Waals surface area contributed by atoms with Crippen LogP contribution in [0.4, 0.5) is 16.6 Å². The summed E-state index contributed by atoms with van der Waals surface area (Å²) in [5.74, 6) is 1.14. The Morgan fingerprint density at radius 3 is 2.50 bits per heavy atom. The Hall–Kier alpha value is -2.09. The Kier molecular flexibility index (Phi) is 4.89. The third-order valence-corrected chi connectivity index (χ3v) is 4.20. The van der Waals surface area contributed by atoms with Crippen molar-refractivity contribution in [2.75, 3.05) is 30.9 Å². The zero-order chi connectivity index (χ0) is 18.2. The molecule has 1 aromatic heterocycles. The van der Waals surface area contributed by atoms with Crippen molar-refractivity contribution in [2.45, 2.75) is 45.9 Å². The zero-order valence-corrected chi connectivity index (χ0v) is 15.1. The molecular weight excluding hydrogens is 310 g/mol. The van der Waals surface area contributed by atoms with Gasteiger partial charge in [0.15, 0.2) is 0 Å². The van der Waals surface area contributed by atoms with Crippen LogP contribution in [-0.2, 0) is 0 Å². The minimum Gasteiger partial charge on any atom is -0.465 e. The van der Waals surface area contributed by atoms with Crippen LogP contribution < -0.4 is 10.2 Å². The van der Waals surface area contributed by atoms with Gasteiger partial charge in [-0.1, -0.05) is 20.8 Å². The Morgan fingerprint density at radius 1 is 1.38 bits per heavy atom. The van der Waals surface area contributed by atoms with Gasteiger partial charge in [0.05, 0.1) is 24.7 Å². The molecular formula is C16H27N5O3. The number of amides is 1. The van der Waals surface area contributed by atoms with Gasteiger partial charge in [-0.3, -0.25) is 0 Å². The van der Waals surface area contributed by atoms with Crippen LogP contribution in [0.2, 0.25) is 0 Å². The number of nitrogens with one attached hydrogen (secondary N) is 1. The minimum atomic E-state index is -1.03. The van der Waals surface area contributed by atoms with Crippen LogP contribution in [-0.4, -0.2) is 70.0 Å². The molecule has 24 heavy (non-hydrogen) atoms. The van der Waals surface area contributed by atoms with Gasteiger partial charge in [0.2, 0.25) is 5.95 Å². The Bertz CT molecular complexity index is 614. The van der Waals surface area contributed by atoms with Crippen LogP contribution in [0.1, 0.15) is 26.5 Å². The van der Waals surface area contributed by atoms with Crippen molar-refractivity contribution in [3.8, 4) is 0 Å². The van der Waals surface area contributed by atoms with Crippen molar-refractivity contribution < 1.29 is 15.0 Å². The Morgan fingerprint density at radius 2 is 2.00 bits per heavy atom. The van der Waals surface area contributed by atoms with E-state index in [2.05, 4.69) is 15.3 Å². The summed E-state index contributed by atoms with van der Waals surface area (Å²) >= 11 is 0. The summed E-state index contributed by atoms with van der Waals surface area (Å²) in [4.78, 5) is 23.5. The van der Waals surface area contributed by atoms with Gasteiger partial charge in [0, 0.05) is 25.9 Å². The molecule has 0 spiro atoms. The summed E-state index contributed by atoms with van der Waals surface area (Å²) in [6.45, 7) is 7.82. The van der Waals surface area contributed by atoms with Gasteiger partial charge in [-0.15, -0.1) is 0 Å². The summed E-state index contributed by atoms with van der Waals surface area (Å²) in [6, 6.07) is 0.996. The number of aryl methyl sites for hydroxylation is 1. The molecule has 3 atom stereocenters. The zero-order valence-electron chi connectivity index (χ0n) is 15.1. The molecule has 134 valence electrons. The van der Waals surface area contributed by atoms with Gasteiger partial charge in [0.25, 0.3) is 0 Å². The van der Waals surface area contributed by atoms with Gasteiger partial charge < -0.3 is 25.3 Å². The maximum Gasteiger partial charge on any atom is 0.407 e. The van der Waals surface area contributed by atoms with Gasteiger partial charge in [0.1, 0.15) is 5.82 Å². The number of carbonyl (C=O) groups is 1. The quantitative estimate of drug-likeness (QED) is 0.766. The molecule has 2 heterocycles. The molecule has 0 saturated carbocycles. The fourth-order valence-electron chi connectivity index (χ4n) is 3.21. The molecule has 2 rings (SSSR count). The maximum atomic E-state index is 11.5. The topological polar surface area (TPSA) is 102 Å². The molecule has 3 unspecified atom stereocenters. The molecule has 1 aliphatic rings. The summed E-state index contributed by atoms with van der Waals surface area (Å²) in [5, 5.41) is 23.0. The smallest absolute Gasteiger partial charge is 0.407 e. The number of aromatic nitrogens is 2. The van der Waals surface area contributed by atoms with Crippen LogP contribution >= 0.6 is 0 Å². The number of anilines is 2. The highest BCUT2D eigenvalue weighted by atomic mass is 16.4. The van der Waals surface area contributed by atoms with Crippen LogP contribution in [0.15, 0.2) is 6.07 Å². The van der Waals surface area contributed by atoms with E-state index in [1.54, 1.807) is 0 Å². The highest BCUT2D eigenvalue weighted by molar-refractivity contribution is 5.66. The molecule has 3 N–H and O–H groups in total. The number of hydrogen-bond donors (Lipinski definition) is 3. The molecule has 8 nitrogen and oxygen atoms in total. The lowest BCUT2D eigenvalue weighted by atomic mass is 9.82. The van der Waals surface area contributed by atoms with Crippen LogP contribution in [0.5, 0.6) is 0 Å². The van der Waals surface area contributed by atoms with Gasteiger partial charge in [-0.25, -0.2) is 9.78 Å². The van der Waals surface area contributed by atoms with E-state index in [0.717, 1.165) is 11.5 Å². The predicted molar refractivity (Wildman–Crippen MR) is 92.5 cm³/mol. The lowest BCUT2D eigenvalue weighted by Gasteiger charge is -2.37. The number of aliphatic hydroxyl groups excluding tert-OH is 1. The van der Waals surface area contributed by atoms with E-state index >= 15 is 0 Å². The second-order valence-corrected chi connectivity index (χ2v) is 7.57. The van der Waals surface area contributed by atoms with Crippen LogP contribution in [0.3, 0.4) is 0 Å². The van der Waals surface area contributed by atoms with Gasteiger partial charge in [-0.2, -0.15) is 4.98 Å². The summed E-state index contributed by atoms with van der Waals surface area (Å²) in [7, 11) is 3.78. The fraction of sp³-hybridized carbons (Fsp3) is 0.688. The molecule has 1 fully saturated rings. The number of aliphatic hydroxyl groups is 1. The van der Waals surface area contributed by atoms with E-state index < -0.39 is 24.3 Å². The molecule has 1 aliphatic heterocycles. The molecule has 0 bridgehead atoms. The van der Waals surface area contributed by atoms with Crippen molar-refractivity contribution in [1.29, 1.82) is 0 Å². The maximum absolute atomic E-state index is 11.5. The average molecular weight is 337 g/mol. The van der Waals surface area contributed by atoms with Gasteiger partial charge in [-0.05, 0) is 12.3 Å². The van der Waals surface area contributed by atoms with E-state index in [4.69, 9.17) is 0 Å². The first-order chi connectivity index (χ1) is 11.0. The average Bonchev–Trinajstić information content (AvgIpc) is 2.75. The van der Waals surface area contributed by atoms with Crippen molar-refractivity contribution in [3.63, 3.8) is 0 Å². The highest BCUT2D eigenvalue weighted by Crippen LogP contribution is 2.34. The predicted octanol–water partition coefficient (Wildman–Crippen LogP) is 1.40. The highest BCUT2D eigenvalue weighted by Gasteiger charge is 2.49. The van der Waals surface area contributed by atoms with Crippen molar-refractivity contribution in [2.24, 2.45) is 5.41 Å². The van der Waals surface area contributed by atoms with Crippen LogP contribution in [0.25, 0.3) is 0 Å². The third-order valence-electron chi connectivity index (χ3n) is 4.20. The SMILES string of the molecule is Cc1cc(N(C)C)nc(NC2C(O)CN(C(=O)O)C2C(C)(C)C)n1. The van der Waals surface area contributed by atoms with E-state index in [1.165, 1.54) is 4.90 Å². The third kappa shape index (κ3) is 3.69. The number of carboxylic acid groups (broad SMARTS) is 1. The Labute approximate surface area is 142 Å². The van der Waals surface area contributed by atoms with Gasteiger partial charge >= 0.3 is 6.09 Å². The number of nitrogens with zero attached hydrogens (tertiary/aromatic N) is 4. The molecule has 0 radical (unpaired) electrons. The first kappa shape index (κ1) is 18.3. The standard InChI is InChI=1S/C16H27N5O3/c1-9-7-11(20(5)6)18-14(17-9)19-12-10(22)8-21(15(23)24)13(12)16(2,3)4/h7,10,12-13,22H,8H2,1-6H3,(H,23,24)(H,17,18,19). The largest absolute Gasteiger partial charge is 0.465 e. The molecule has 1 amide bonds. The summed E-state index contributed by atoms with van der Waals surface area (Å²) in [6.07, 6.45) is -1.85. The minimum absolute atomic E-state index is 0.0707. The molecule has 1 aromatic rings. The fourth-order valence-corrected chi connectivity index (χ4v) is 3.21. The molecule has 0 aliphatic carbocycles. The lowest BCUT2D eigenvalue weighted by molar-refractivity contribution is 0.103. The van der Waals surface area contributed by atoms with Crippen molar-refractivity contribution in [1.82, 2.24) is 14.9 Å². The summed E-state index contributed by atoms with van der Waals surface area (Å²) < 4.78 is 0. The van der Waals surface area contributed by atoms with Crippen LogP contribution in [0, 0.1) is 12.3 Å². The number of β-amino-alcohol motifs (C(OH)–C–C–N with tert-alkyl or cyclic N) is 1. The van der Waals surface area contributed by atoms with E-state index in [-0.39, 0.29) is 12.0 Å². The number of likely N-dealkylation sites (tertiary alicyclic amines) is 1. The number of rotatable bonds is 3. The normalized spacial score (nSPS) is 24.1. The van der Waals surface area contributed by atoms with Crippen molar-refractivity contribution >= 4 is 17.9 Å². The summed E-state index contributed by atoms with van der Waals surface area (Å²) in [5.41, 5.74) is 0.452. The van der Waals surface area contributed by atoms with E-state index in [0.29, 0.717) is 5.95 Å². The molecule has 1 saturated heterocycles. The molecule has 8 heteroatoms. The first-order valence-electron chi connectivity index (χ1n) is 7.98. The van der Waals surface area contributed by atoms with E-state index in [1.807, 2.05) is 52.8 Å². The number of hydrogen-bond acceptors (Lipinski definition) is 6. The second kappa shape index (κ2) is 6.43. The molecule has 0 aromatic carbocycles. The lowest BCUT2D eigenvalue weighted by Crippen LogP contribution is -2.50. The van der Waals surface area contributed by atoms with Crippen molar-refractivity contribution in [3.05, 3.63) is 11.8 Å². The van der Waals surface area contributed by atoms with E-state index in [9.17, 15) is 15.0 Å². The first-order valence-corrected chi connectivity index (χ1v) is 7.98.